The number of aryl methyl sites for hydroxylation is 1. The molecule has 0 fully saturated rings. The molecule has 0 unspecified atom stereocenters. The lowest BCUT2D eigenvalue weighted by atomic mass is 10.1. The van der Waals surface area contributed by atoms with Crippen molar-refractivity contribution in [1.29, 1.82) is 0 Å². The van der Waals surface area contributed by atoms with Gasteiger partial charge in [0, 0.05) is 6.07 Å². The first kappa shape index (κ1) is 17.9. The van der Waals surface area contributed by atoms with Crippen molar-refractivity contribution in [1.82, 2.24) is 0 Å². The molecule has 1 heterocycles. The molecule has 0 radical (unpaired) electrons. The van der Waals surface area contributed by atoms with Crippen LogP contribution in [-0.2, 0) is 6.61 Å². The monoisotopic (exact) mass is 372 g/mol. The van der Waals surface area contributed by atoms with E-state index in [9.17, 15) is 4.79 Å². The van der Waals surface area contributed by atoms with Gasteiger partial charge >= 0.3 is 0 Å². The standard InChI is InChI=1S/C24H20O4/c1-16-5-3-6-17(11-16)13-23-24(25)21-10-9-20(14-22(21)28-23)27-15-18-7-4-8-19(12-18)26-2/h3-14H,15H2,1-2H3/b23-13-. The molecular formula is C24H20O4. The van der Waals surface area contributed by atoms with Crippen molar-refractivity contribution in [3.63, 3.8) is 0 Å². The highest BCUT2D eigenvalue weighted by Crippen LogP contribution is 2.35. The van der Waals surface area contributed by atoms with Crippen molar-refractivity contribution in [2.45, 2.75) is 13.5 Å². The van der Waals surface area contributed by atoms with E-state index in [-0.39, 0.29) is 5.78 Å². The average Bonchev–Trinajstić information content (AvgIpc) is 3.01. The second kappa shape index (κ2) is 7.61. The van der Waals surface area contributed by atoms with Gasteiger partial charge in [0.1, 0.15) is 23.9 Å². The number of fused-ring (bicyclic) bond motifs is 1. The number of rotatable bonds is 5. The minimum Gasteiger partial charge on any atom is -0.497 e. The second-order valence-corrected chi connectivity index (χ2v) is 6.65. The van der Waals surface area contributed by atoms with Gasteiger partial charge in [-0.05, 0) is 48.4 Å². The van der Waals surface area contributed by atoms with Crippen LogP contribution < -0.4 is 14.2 Å². The van der Waals surface area contributed by atoms with E-state index in [0.29, 0.717) is 29.4 Å². The lowest BCUT2D eigenvalue weighted by molar-refractivity contribution is 0.101. The van der Waals surface area contributed by atoms with Crippen LogP contribution in [0.25, 0.3) is 6.08 Å². The molecule has 140 valence electrons. The Labute approximate surface area is 164 Å². The summed E-state index contributed by atoms with van der Waals surface area (Å²) in [6.07, 6.45) is 1.77. The van der Waals surface area contributed by atoms with Gasteiger partial charge in [-0.3, -0.25) is 4.79 Å². The zero-order valence-electron chi connectivity index (χ0n) is 15.8. The Morgan fingerprint density at radius 3 is 2.64 bits per heavy atom. The SMILES string of the molecule is COc1cccc(COc2ccc3c(c2)O/C(=C\c2cccc(C)c2)C3=O)c1. The number of ether oxygens (including phenoxy) is 3. The van der Waals surface area contributed by atoms with E-state index in [4.69, 9.17) is 14.2 Å². The van der Waals surface area contributed by atoms with Crippen LogP contribution in [0.2, 0.25) is 0 Å². The highest BCUT2D eigenvalue weighted by molar-refractivity contribution is 6.14. The molecule has 1 aliphatic heterocycles. The first-order chi connectivity index (χ1) is 13.6. The largest absolute Gasteiger partial charge is 0.497 e. The van der Waals surface area contributed by atoms with Crippen molar-refractivity contribution in [3.8, 4) is 17.2 Å². The minimum atomic E-state index is -0.115. The fraction of sp³-hybridized carbons (Fsp3) is 0.125. The summed E-state index contributed by atoms with van der Waals surface area (Å²) >= 11 is 0. The summed E-state index contributed by atoms with van der Waals surface area (Å²) in [4.78, 5) is 12.6. The van der Waals surface area contributed by atoms with E-state index in [1.54, 1.807) is 31.4 Å². The Hall–Kier alpha value is -3.53. The topological polar surface area (TPSA) is 44.8 Å². The third-order valence-electron chi connectivity index (χ3n) is 4.52. The zero-order valence-corrected chi connectivity index (χ0v) is 15.8. The van der Waals surface area contributed by atoms with Crippen molar-refractivity contribution in [3.05, 3.63) is 94.7 Å². The lowest BCUT2D eigenvalue weighted by Crippen LogP contribution is -1.98. The number of hydrogen-bond donors (Lipinski definition) is 0. The highest BCUT2D eigenvalue weighted by Gasteiger charge is 2.27. The number of carbonyl (C=O) groups excluding carboxylic acids is 1. The second-order valence-electron chi connectivity index (χ2n) is 6.65. The molecule has 3 aromatic carbocycles. The maximum Gasteiger partial charge on any atom is 0.231 e. The van der Waals surface area contributed by atoms with Gasteiger partial charge in [-0.1, -0.05) is 42.0 Å². The molecule has 0 aromatic heterocycles. The molecule has 28 heavy (non-hydrogen) atoms. The van der Waals surface area contributed by atoms with Gasteiger partial charge in [0.25, 0.3) is 0 Å². The summed E-state index contributed by atoms with van der Waals surface area (Å²) in [5.41, 5.74) is 3.61. The molecule has 0 saturated heterocycles. The smallest absolute Gasteiger partial charge is 0.231 e. The van der Waals surface area contributed by atoms with Crippen LogP contribution in [0.15, 0.2) is 72.5 Å². The Morgan fingerprint density at radius 1 is 0.964 bits per heavy atom. The summed E-state index contributed by atoms with van der Waals surface area (Å²) in [6, 6.07) is 20.9. The number of Topliss-reactive ketones (excluding diaryl/α,β-unsaturated/α-hetero) is 1. The molecule has 0 atom stereocenters. The summed E-state index contributed by atoms with van der Waals surface area (Å²) in [5.74, 6) is 2.16. The number of allylic oxidation sites excluding steroid dienone is 1. The number of methoxy groups -OCH3 is 1. The molecule has 3 aromatic rings. The molecule has 0 aliphatic carbocycles. The maximum atomic E-state index is 12.6. The van der Waals surface area contributed by atoms with Gasteiger partial charge in [0.2, 0.25) is 5.78 Å². The molecule has 0 amide bonds. The Morgan fingerprint density at radius 2 is 1.82 bits per heavy atom. The van der Waals surface area contributed by atoms with Crippen LogP contribution in [-0.4, -0.2) is 12.9 Å². The molecular weight excluding hydrogens is 352 g/mol. The van der Waals surface area contributed by atoms with Gasteiger partial charge < -0.3 is 14.2 Å². The number of benzene rings is 3. The first-order valence-electron chi connectivity index (χ1n) is 9.03. The summed E-state index contributed by atoms with van der Waals surface area (Å²) in [6.45, 7) is 2.41. The van der Waals surface area contributed by atoms with Crippen LogP contribution in [0, 0.1) is 6.92 Å². The molecule has 0 N–H and O–H groups in total. The van der Waals surface area contributed by atoms with E-state index in [2.05, 4.69) is 0 Å². The molecule has 0 bridgehead atoms. The fourth-order valence-corrected chi connectivity index (χ4v) is 3.10. The van der Waals surface area contributed by atoms with Gasteiger partial charge in [0.15, 0.2) is 5.76 Å². The minimum absolute atomic E-state index is 0.115. The fourth-order valence-electron chi connectivity index (χ4n) is 3.10. The Balaban J connectivity index is 1.50. The van der Waals surface area contributed by atoms with E-state index in [1.807, 2.05) is 55.5 Å². The number of ketones is 1. The van der Waals surface area contributed by atoms with Crippen molar-refractivity contribution >= 4 is 11.9 Å². The first-order valence-corrected chi connectivity index (χ1v) is 9.03. The normalized spacial score (nSPS) is 13.9. The van der Waals surface area contributed by atoms with Crippen LogP contribution in [0.4, 0.5) is 0 Å². The summed E-state index contributed by atoms with van der Waals surface area (Å²) in [5, 5.41) is 0. The Bertz CT molecular complexity index is 1070. The lowest BCUT2D eigenvalue weighted by Gasteiger charge is -2.08. The van der Waals surface area contributed by atoms with Crippen LogP contribution in [0.1, 0.15) is 27.0 Å². The number of hydrogen-bond acceptors (Lipinski definition) is 4. The summed E-state index contributed by atoms with van der Waals surface area (Å²) in [7, 11) is 1.64. The summed E-state index contributed by atoms with van der Waals surface area (Å²) < 4.78 is 16.9. The predicted molar refractivity (Wildman–Crippen MR) is 108 cm³/mol. The van der Waals surface area contributed by atoms with Crippen LogP contribution >= 0.6 is 0 Å². The molecule has 4 rings (SSSR count). The molecule has 4 nitrogen and oxygen atoms in total. The van der Waals surface area contributed by atoms with Crippen molar-refractivity contribution in [2.75, 3.05) is 7.11 Å². The van der Waals surface area contributed by atoms with Crippen molar-refractivity contribution < 1.29 is 19.0 Å². The third-order valence-corrected chi connectivity index (χ3v) is 4.52. The van der Waals surface area contributed by atoms with E-state index in [1.165, 1.54) is 0 Å². The average molecular weight is 372 g/mol. The van der Waals surface area contributed by atoms with E-state index in [0.717, 1.165) is 22.4 Å². The van der Waals surface area contributed by atoms with E-state index < -0.39 is 0 Å². The Kier molecular flexibility index (Phi) is 4.85. The molecule has 0 spiro atoms. The quantitative estimate of drug-likeness (QED) is 0.578. The number of carbonyl (C=O) groups is 1. The zero-order chi connectivity index (χ0) is 19.5. The molecule has 1 aliphatic rings. The highest BCUT2D eigenvalue weighted by atomic mass is 16.5. The van der Waals surface area contributed by atoms with Gasteiger partial charge in [-0.2, -0.15) is 0 Å². The maximum absolute atomic E-state index is 12.6. The third kappa shape index (κ3) is 3.76. The van der Waals surface area contributed by atoms with Gasteiger partial charge in [-0.25, -0.2) is 0 Å². The predicted octanol–water partition coefficient (Wildman–Crippen LogP) is 5.20. The van der Waals surface area contributed by atoms with Gasteiger partial charge in [-0.15, -0.1) is 0 Å². The molecule has 4 heteroatoms. The van der Waals surface area contributed by atoms with Gasteiger partial charge in [0.05, 0.1) is 12.7 Å². The molecule has 0 saturated carbocycles. The van der Waals surface area contributed by atoms with Crippen LogP contribution in [0.5, 0.6) is 17.2 Å². The van der Waals surface area contributed by atoms with E-state index >= 15 is 0 Å². The van der Waals surface area contributed by atoms with Crippen LogP contribution in [0.3, 0.4) is 0 Å². The van der Waals surface area contributed by atoms with Crippen molar-refractivity contribution in [2.24, 2.45) is 0 Å².